The molecule has 0 bridgehead atoms. The van der Waals surface area contributed by atoms with Gasteiger partial charge in [-0.25, -0.2) is 9.67 Å². The number of nitrogens with one attached hydrogen (secondary N) is 1. The summed E-state index contributed by atoms with van der Waals surface area (Å²) in [5.74, 6) is -1.29. The third kappa shape index (κ3) is 7.88. The fourth-order valence-corrected chi connectivity index (χ4v) is 5.20. The number of rotatable bonds is 12. The molecule has 11 nitrogen and oxygen atoms in total. The molecule has 1 atom stereocenters. The first kappa shape index (κ1) is 33.4. The molecule has 47 heavy (non-hydrogen) atoms. The van der Waals surface area contributed by atoms with Crippen molar-refractivity contribution in [3.05, 3.63) is 83.4 Å². The normalized spacial score (nSPS) is 13.6. The zero-order valence-electron chi connectivity index (χ0n) is 25.5. The number of ether oxygens (including phenoxy) is 3. The number of benzene rings is 3. The largest absolute Gasteiger partial charge is 0.573 e. The quantitative estimate of drug-likeness (QED) is 0.174. The molecule has 1 aliphatic rings. The van der Waals surface area contributed by atoms with Crippen molar-refractivity contribution in [2.75, 3.05) is 30.5 Å². The van der Waals surface area contributed by atoms with Crippen LogP contribution in [-0.4, -0.2) is 58.4 Å². The van der Waals surface area contributed by atoms with E-state index >= 15 is 0 Å². The van der Waals surface area contributed by atoms with E-state index in [9.17, 15) is 27.9 Å². The number of aromatic nitrogens is 3. The summed E-state index contributed by atoms with van der Waals surface area (Å²) in [5.41, 5.74) is 1.23. The van der Waals surface area contributed by atoms with Gasteiger partial charge < -0.3 is 29.5 Å². The molecule has 1 aromatic heterocycles. The van der Waals surface area contributed by atoms with E-state index in [1.165, 1.54) is 53.6 Å². The number of amides is 1. The van der Waals surface area contributed by atoms with Crippen LogP contribution in [0.25, 0.3) is 5.69 Å². The standard InChI is InChI=1S/C32H31ClF3N5O6/c1-31(2,30(43)44)9-11-46-27-12-20(33)5-7-25(27)28(39-21-13-22(15-24(14-21)45-3)41-18-37-17-38-41)29(42)40-10-8-19-4-6-23(16-26(19)40)47-32(34,35)36/h4-7,12-18,28,39H,8-11H2,1-3H3,(H,43,44). The van der Waals surface area contributed by atoms with E-state index in [1.54, 1.807) is 44.2 Å². The number of methoxy groups -OCH3 is 1. The van der Waals surface area contributed by atoms with Crippen molar-refractivity contribution in [3.63, 3.8) is 0 Å². The highest BCUT2D eigenvalue weighted by Gasteiger charge is 2.36. The molecule has 15 heteroatoms. The fraction of sp³-hybridized carbons (Fsp3) is 0.312. The van der Waals surface area contributed by atoms with Gasteiger partial charge in [0.2, 0.25) is 0 Å². The maximum atomic E-state index is 14.5. The van der Waals surface area contributed by atoms with Crippen molar-refractivity contribution >= 4 is 34.9 Å². The third-order valence-corrected chi connectivity index (χ3v) is 7.91. The lowest BCUT2D eigenvalue weighted by molar-refractivity contribution is -0.274. The SMILES string of the molecule is COc1cc(NC(C(=O)N2CCc3ccc(OC(F)(F)F)cc32)c2ccc(Cl)cc2OCCC(C)(C)C(=O)O)cc(-n2cncn2)c1. The predicted octanol–water partition coefficient (Wildman–Crippen LogP) is 6.45. The van der Waals surface area contributed by atoms with Crippen LogP contribution in [0.4, 0.5) is 24.5 Å². The highest BCUT2D eigenvalue weighted by molar-refractivity contribution is 6.30. The highest BCUT2D eigenvalue weighted by atomic mass is 35.5. The average molecular weight is 674 g/mol. The second-order valence-corrected chi connectivity index (χ2v) is 11.8. The van der Waals surface area contributed by atoms with E-state index in [0.29, 0.717) is 39.7 Å². The average Bonchev–Trinajstić information content (AvgIpc) is 3.69. The van der Waals surface area contributed by atoms with E-state index in [1.807, 2.05) is 0 Å². The molecular weight excluding hydrogens is 643 g/mol. The summed E-state index contributed by atoms with van der Waals surface area (Å²) in [6.07, 6.45) is -1.50. The van der Waals surface area contributed by atoms with Crippen molar-refractivity contribution in [2.45, 2.75) is 39.1 Å². The molecule has 1 unspecified atom stereocenters. The molecule has 5 rings (SSSR count). The van der Waals surface area contributed by atoms with Gasteiger partial charge in [-0.15, -0.1) is 13.2 Å². The Bertz CT molecular complexity index is 1770. The van der Waals surface area contributed by atoms with Crippen LogP contribution < -0.4 is 24.4 Å². The van der Waals surface area contributed by atoms with Gasteiger partial charge in [-0.2, -0.15) is 5.10 Å². The number of halogens is 4. The van der Waals surface area contributed by atoms with Gasteiger partial charge in [0.15, 0.2) is 0 Å². The van der Waals surface area contributed by atoms with Crippen molar-refractivity contribution in [1.29, 1.82) is 0 Å². The van der Waals surface area contributed by atoms with E-state index in [2.05, 4.69) is 20.1 Å². The molecule has 1 aliphatic heterocycles. The van der Waals surface area contributed by atoms with Gasteiger partial charge in [0.1, 0.15) is 35.9 Å². The Labute approximate surface area is 272 Å². The number of carbonyl (C=O) groups is 2. The number of hydrogen-bond donors (Lipinski definition) is 2. The molecule has 0 radical (unpaired) electrons. The Kier molecular flexibility index (Phi) is 9.52. The molecule has 0 aliphatic carbocycles. The van der Waals surface area contributed by atoms with Crippen LogP contribution in [0, 0.1) is 5.41 Å². The Morgan fingerprint density at radius 1 is 1.09 bits per heavy atom. The van der Waals surface area contributed by atoms with Gasteiger partial charge in [0, 0.05) is 41.0 Å². The number of carboxylic acid groups (broad SMARTS) is 1. The first-order chi connectivity index (χ1) is 22.2. The van der Waals surface area contributed by atoms with Gasteiger partial charge in [0.25, 0.3) is 5.91 Å². The molecular formula is C32H31ClF3N5O6. The number of nitrogens with zero attached hydrogens (tertiary/aromatic N) is 4. The maximum absolute atomic E-state index is 14.5. The minimum absolute atomic E-state index is 0.00610. The molecule has 0 saturated heterocycles. The number of aliphatic carboxylic acids is 1. The van der Waals surface area contributed by atoms with Crippen molar-refractivity contribution < 1.29 is 42.1 Å². The number of carbonyl (C=O) groups excluding carboxylic acids is 1. The molecule has 4 aromatic rings. The topological polar surface area (TPSA) is 128 Å². The zero-order valence-corrected chi connectivity index (χ0v) is 26.3. The summed E-state index contributed by atoms with van der Waals surface area (Å²) < 4.78 is 56.3. The molecule has 0 saturated carbocycles. The summed E-state index contributed by atoms with van der Waals surface area (Å²) in [7, 11) is 1.48. The van der Waals surface area contributed by atoms with E-state index < -0.39 is 35.4 Å². The number of alkyl halides is 3. The number of hydrogen-bond acceptors (Lipinski definition) is 8. The van der Waals surface area contributed by atoms with Crippen LogP contribution >= 0.6 is 11.6 Å². The Hall–Kier alpha value is -4.98. The molecule has 2 heterocycles. The second-order valence-electron chi connectivity index (χ2n) is 11.4. The van der Waals surface area contributed by atoms with Gasteiger partial charge in [0.05, 0.1) is 30.5 Å². The van der Waals surface area contributed by atoms with Crippen LogP contribution in [0.2, 0.25) is 5.02 Å². The lowest BCUT2D eigenvalue weighted by atomic mass is 9.90. The molecule has 2 N–H and O–H groups in total. The molecule has 248 valence electrons. The summed E-state index contributed by atoms with van der Waals surface area (Å²) in [4.78, 5) is 31.6. The Morgan fingerprint density at radius 2 is 1.87 bits per heavy atom. The maximum Gasteiger partial charge on any atom is 0.573 e. The lowest BCUT2D eigenvalue weighted by Gasteiger charge is -2.28. The Morgan fingerprint density at radius 3 is 2.55 bits per heavy atom. The van der Waals surface area contributed by atoms with Crippen LogP contribution in [0.5, 0.6) is 17.2 Å². The first-order valence-electron chi connectivity index (χ1n) is 14.4. The third-order valence-electron chi connectivity index (χ3n) is 7.67. The molecule has 1 amide bonds. The lowest BCUT2D eigenvalue weighted by Crippen LogP contribution is -2.37. The molecule has 0 fully saturated rings. The fourth-order valence-electron chi connectivity index (χ4n) is 5.03. The van der Waals surface area contributed by atoms with Crippen molar-refractivity contribution in [3.8, 4) is 22.9 Å². The summed E-state index contributed by atoms with van der Waals surface area (Å²) in [6.45, 7) is 3.33. The van der Waals surface area contributed by atoms with Crippen LogP contribution in [0.1, 0.15) is 37.4 Å². The van der Waals surface area contributed by atoms with Crippen LogP contribution in [0.3, 0.4) is 0 Å². The van der Waals surface area contributed by atoms with E-state index in [0.717, 1.165) is 0 Å². The Balaban J connectivity index is 1.56. The summed E-state index contributed by atoms with van der Waals surface area (Å²) in [6, 6.07) is 12.5. The molecule has 0 spiro atoms. The van der Waals surface area contributed by atoms with Crippen LogP contribution in [-0.2, 0) is 16.0 Å². The minimum atomic E-state index is -4.91. The zero-order chi connectivity index (χ0) is 33.9. The van der Waals surface area contributed by atoms with E-state index in [-0.39, 0.29) is 31.0 Å². The monoisotopic (exact) mass is 673 g/mol. The molecule has 3 aromatic carbocycles. The predicted molar refractivity (Wildman–Crippen MR) is 166 cm³/mol. The van der Waals surface area contributed by atoms with Gasteiger partial charge in [-0.3, -0.25) is 9.59 Å². The number of anilines is 2. The second kappa shape index (κ2) is 13.4. The van der Waals surface area contributed by atoms with Crippen LogP contribution in [0.15, 0.2) is 67.3 Å². The first-order valence-corrected chi connectivity index (χ1v) is 14.8. The van der Waals surface area contributed by atoms with E-state index in [4.69, 9.17) is 21.1 Å². The number of fused-ring (bicyclic) bond motifs is 1. The van der Waals surface area contributed by atoms with Gasteiger partial charge in [-0.1, -0.05) is 23.7 Å². The smallest absolute Gasteiger partial charge is 0.497 e. The highest BCUT2D eigenvalue weighted by Crippen LogP contribution is 2.39. The summed E-state index contributed by atoms with van der Waals surface area (Å²) >= 11 is 6.33. The summed E-state index contributed by atoms with van der Waals surface area (Å²) in [5, 5.41) is 17.3. The van der Waals surface area contributed by atoms with Gasteiger partial charge in [-0.05, 0) is 56.5 Å². The van der Waals surface area contributed by atoms with Crippen molar-refractivity contribution in [2.24, 2.45) is 5.41 Å². The van der Waals surface area contributed by atoms with Crippen molar-refractivity contribution in [1.82, 2.24) is 14.8 Å². The minimum Gasteiger partial charge on any atom is -0.497 e. The number of carboxylic acids is 1. The van der Waals surface area contributed by atoms with Gasteiger partial charge >= 0.3 is 12.3 Å².